The van der Waals surface area contributed by atoms with Gasteiger partial charge in [0.15, 0.2) is 0 Å². The summed E-state index contributed by atoms with van der Waals surface area (Å²) in [6.45, 7) is 11.6. The number of nitrogens with one attached hydrogen (secondary N) is 4. The molecule has 10 nitrogen and oxygen atoms in total. The fourth-order valence-corrected chi connectivity index (χ4v) is 4.75. The molecule has 2 aliphatic rings. The lowest BCUT2D eigenvalue weighted by Crippen LogP contribution is -2.48. The number of hydrogen-bond acceptors (Lipinski definition) is 8. The van der Waals surface area contributed by atoms with Crippen molar-refractivity contribution in [2.24, 2.45) is 0 Å². The van der Waals surface area contributed by atoms with Crippen molar-refractivity contribution >= 4 is 34.3 Å². The summed E-state index contributed by atoms with van der Waals surface area (Å²) in [5, 5.41) is 9.37. The average Bonchev–Trinajstić information content (AvgIpc) is 2.91. The van der Waals surface area contributed by atoms with Crippen molar-refractivity contribution in [2.45, 2.75) is 26.8 Å². The number of carbonyl (C=O) groups excluding carboxylic acids is 1. The Morgan fingerprint density at radius 1 is 1.08 bits per heavy atom. The van der Waals surface area contributed by atoms with Crippen LogP contribution >= 0.6 is 0 Å². The first-order valence-corrected chi connectivity index (χ1v) is 12.7. The van der Waals surface area contributed by atoms with Gasteiger partial charge in [0.1, 0.15) is 17.9 Å². The highest BCUT2D eigenvalue weighted by atomic mass is 16.5. The van der Waals surface area contributed by atoms with Crippen LogP contribution in [0.2, 0.25) is 0 Å². The summed E-state index contributed by atoms with van der Waals surface area (Å²) in [6.07, 6.45) is 3.15. The first kappa shape index (κ1) is 24.6. The van der Waals surface area contributed by atoms with Gasteiger partial charge in [0, 0.05) is 61.9 Å². The van der Waals surface area contributed by atoms with E-state index in [-0.39, 0.29) is 5.56 Å². The van der Waals surface area contributed by atoms with Crippen LogP contribution in [0.4, 0.5) is 28.4 Å². The smallest absolute Gasteiger partial charge is 0.263 e. The molecule has 0 saturated carbocycles. The summed E-state index contributed by atoms with van der Waals surface area (Å²) in [4.78, 5) is 37.7. The highest BCUT2D eigenvalue weighted by molar-refractivity contribution is 6.08. The summed E-state index contributed by atoms with van der Waals surface area (Å²) in [7, 11) is 0. The lowest BCUT2D eigenvalue weighted by Gasteiger charge is -2.38. The Labute approximate surface area is 216 Å². The van der Waals surface area contributed by atoms with Crippen LogP contribution < -0.4 is 31.1 Å². The molecule has 1 amide bonds. The van der Waals surface area contributed by atoms with E-state index in [2.05, 4.69) is 49.6 Å². The number of nitrogens with zero attached hydrogens (tertiary/aromatic N) is 3. The number of ether oxygens (including phenoxy) is 1. The maximum Gasteiger partial charge on any atom is 0.263 e. The molecule has 2 aromatic heterocycles. The number of H-pyrrole nitrogens is 1. The zero-order chi connectivity index (χ0) is 25.9. The van der Waals surface area contributed by atoms with Crippen LogP contribution in [0.25, 0.3) is 0 Å². The monoisotopic (exact) mass is 503 g/mol. The van der Waals surface area contributed by atoms with Gasteiger partial charge in [0.25, 0.3) is 11.5 Å². The molecule has 3 aromatic rings. The molecule has 4 heterocycles. The van der Waals surface area contributed by atoms with Crippen LogP contribution in [0.1, 0.15) is 29.8 Å². The number of amides is 1. The van der Waals surface area contributed by atoms with Crippen molar-refractivity contribution in [3.63, 3.8) is 0 Å². The molecule has 0 radical (unpaired) electrons. The predicted molar refractivity (Wildman–Crippen MR) is 147 cm³/mol. The van der Waals surface area contributed by atoms with Gasteiger partial charge in [-0.05, 0) is 51.1 Å². The predicted octanol–water partition coefficient (Wildman–Crippen LogP) is 3.41. The van der Waals surface area contributed by atoms with Crippen LogP contribution in [0.15, 0.2) is 47.5 Å². The number of pyridine rings is 2. The molecule has 0 aliphatic carbocycles. The standard InChI is InChI=1S/C27H33N7O3/c1-17(2)33-11-13-34(14-12-33)20-6-4-19(5-7-20)31-26(36)23-21(8-9-29-25(23)35)32-22-16-30-27-24(18(22)3)28-10-15-37-27/h4-9,16-17,28H,10-15H2,1-3H3,(H,31,36)(H2,29,32,35). The van der Waals surface area contributed by atoms with E-state index in [9.17, 15) is 9.59 Å². The first-order valence-electron chi connectivity index (χ1n) is 12.7. The summed E-state index contributed by atoms with van der Waals surface area (Å²) in [5.74, 6) is 0.0519. The first-order chi connectivity index (χ1) is 17.9. The van der Waals surface area contributed by atoms with E-state index >= 15 is 0 Å². The SMILES string of the molecule is Cc1c(Nc2cc[nH]c(=O)c2C(=O)Nc2ccc(N3CCN(C(C)C)CC3)cc2)cnc2c1NCCO2. The van der Waals surface area contributed by atoms with Crippen molar-refractivity contribution in [3.05, 3.63) is 64.2 Å². The molecule has 1 aromatic carbocycles. The second-order valence-electron chi connectivity index (χ2n) is 9.59. The largest absolute Gasteiger partial charge is 0.474 e. The van der Waals surface area contributed by atoms with Crippen LogP contribution in [0, 0.1) is 6.92 Å². The van der Waals surface area contributed by atoms with E-state index in [1.165, 1.54) is 6.20 Å². The molecule has 0 atom stereocenters. The molecule has 0 unspecified atom stereocenters. The maximum absolute atomic E-state index is 13.2. The number of fused-ring (bicyclic) bond motifs is 1. The fraction of sp³-hybridized carbons (Fsp3) is 0.370. The van der Waals surface area contributed by atoms with E-state index < -0.39 is 11.5 Å². The van der Waals surface area contributed by atoms with Crippen LogP contribution in [-0.4, -0.2) is 66.1 Å². The van der Waals surface area contributed by atoms with Gasteiger partial charge in [-0.25, -0.2) is 4.98 Å². The van der Waals surface area contributed by atoms with Gasteiger partial charge in [-0.3, -0.25) is 14.5 Å². The van der Waals surface area contributed by atoms with Gasteiger partial charge in [-0.2, -0.15) is 0 Å². The number of hydrogen-bond donors (Lipinski definition) is 4. The third-order valence-electron chi connectivity index (χ3n) is 6.94. The maximum atomic E-state index is 13.2. The van der Waals surface area contributed by atoms with E-state index in [0.717, 1.165) is 43.1 Å². The topological polar surface area (TPSA) is 115 Å². The van der Waals surface area contributed by atoms with Crippen molar-refractivity contribution < 1.29 is 9.53 Å². The van der Waals surface area contributed by atoms with Crippen molar-refractivity contribution in [1.29, 1.82) is 0 Å². The minimum Gasteiger partial charge on any atom is -0.474 e. The number of aromatic amines is 1. The molecule has 194 valence electrons. The molecular formula is C27H33N7O3. The summed E-state index contributed by atoms with van der Waals surface area (Å²) in [6, 6.07) is 9.97. The fourth-order valence-electron chi connectivity index (χ4n) is 4.75. The molecule has 5 rings (SSSR count). The van der Waals surface area contributed by atoms with E-state index in [4.69, 9.17) is 4.74 Å². The number of rotatable bonds is 6. The Bertz CT molecular complexity index is 1330. The average molecular weight is 504 g/mol. The third-order valence-corrected chi connectivity index (χ3v) is 6.94. The molecule has 2 aliphatic heterocycles. The van der Waals surface area contributed by atoms with Gasteiger partial charge in [-0.1, -0.05) is 0 Å². The molecule has 1 fully saturated rings. The Morgan fingerprint density at radius 3 is 2.57 bits per heavy atom. The van der Waals surface area contributed by atoms with E-state index in [1.807, 2.05) is 31.2 Å². The van der Waals surface area contributed by atoms with Crippen molar-refractivity contribution in [3.8, 4) is 5.88 Å². The number of anilines is 5. The Hall–Kier alpha value is -4.05. The zero-order valence-electron chi connectivity index (χ0n) is 21.4. The van der Waals surface area contributed by atoms with Crippen molar-refractivity contribution in [1.82, 2.24) is 14.9 Å². The molecule has 0 spiro atoms. The van der Waals surface area contributed by atoms with Gasteiger partial charge in [0.2, 0.25) is 5.88 Å². The number of piperazine rings is 1. The summed E-state index contributed by atoms with van der Waals surface area (Å²) >= 11 is 0. The second-order valence-corrected chi connectivity index (χ2v) is 9.59. The lowest BCUT2D eigenvalue weighted by atomic mass is 10.1. The quantitative estimate of drug-likeness (QED) is 0.405. The van der Waals surface area contributed by atoms with Crippen molar-refractivity contribution in [2.75, 3.05) is 60.2 Å². The molecule has 4 N–H and O–H groups in total. The van der Waals surface area contributed by atoms with Gasteiger partial charge in [-0.15, -0.1) is 0 Å². The van der Waals surface area contributed by atoms with Gasteiger partial charge >= 0.3 is 0 Å². The molecule has 37 heavy (non-hydrogen) atoms. The highest BCUT2D eigenvalue weighted by Gasteiger charge is 2.21. The second kappa shape index (κ2) is 10.5. The Kier molecular flexibility index (Phi) is 7.00. The molecule has 10 heteroatoms. The van der Waals surface area contributed by atoms with Crippen LogP contribution in [0.5, 0.6) is 5.88 Å². The van der Waals surface area contributed by atoms with Crippen LogP contribution in [-0.2, 0) is 0 Å². The molecule has 0 bridgehead atoms. The minimum atomic E-state index is -0.493. The van der Waals surface area contributed by atoms with Gasteiger partial charge < -0.3 is 30.6 Å². The molecule has 1 saturated heterocycles. The number of benzene rings is 1. The summed E-state index contributed by atoms with van der Waals surface area (Å²) in [5.41, 5.74) is 4.02. The van der Waals surface area contributed by atoms with Crippen LogP contribution in [0.3, 0.4) is 0 Å². The zero-order valence-corrected chi connectivity index (χ0v) is 21.4. The van der Waals surface area contributed by atoms with E-state index in [1.54, 1.807) is 12.3 Å². The third kappa shape index (κ3) is 5.24. The van der Waals surface area contributed by atoms with E-state index in [0.29, 0.717) is 42.1 Å². The Morgan fingerprint density at radius 2 is 1.84 bits per heavy atom. The van der Waals surface area contributed by atoms with Gasteiger partial charge in [0.05, 0.1) is 17.6 Å². The Balaban J connectivity index is 1.31. The number of aromatic nitrogens is 2. The lowest BCUT2D eigenvalue weighted by molar-refractivity contribution is 0.102. The number of carbonyl (C=O) groups is 1. The normalized spacial score (nSPS) is 15.5. The minimum absolute atomic E-state index is 0.00212. The molecular weight excluding hydrogens is 470 g/mol. The summed E-state index contributed by atoms with van der Waals surface area (Å²) < 4.78 is 5.59. The highest BCUT2D eigenvalue weighted by Crippen LogP contribution is 2.34.